The summed E-state index contributed by atoms with van der Waals surface area (Å²) in [4.78, 5) is 16.6. The smallest absolute Gasteiger partial charge is 0.342 e. The third-order valence-corrected chi connectivity index (χ3v) is 7.18. The number of hydrogen-bond acceptors (Lipinski definition) is 7. The van der Waals surface area contributed by atoms with Crippen molar-refractivity contribution >= 4 is 35.4 Å². The van der Waals surface area contributed by atoms with Crippen LogP contribution in [-0.4, -0.2) is 40.0 Å². The summed E-state index contributed by atoms with van der Waals surface area (Å²) in [7, 11) is 1.54. The van der Waals surface area contributed by atoms with Gasteiger partial charge in [0.05, 0.1) is 19.3 Å². The highest BCUT2D eigenvalue weighted by molar-refractivity contribution is 8.04. The lowest BCUT2D eigenvalue weighted by Crippen LogP contribution is -2.03. The first kappa shape index (κ1) is 29.0. The number of ether oxygens (including phenoxy) is 3. The number of aromatic amines is 1. The van der Waals surface area contributed by atoms with Crippen molar-refractivity contribution < 1.29 is 24.1 Å². The van der Waals surface area contributed by atoms with Gasteiger partial charge in [-0.15, -0.1) is 5.10 Å². The zero-order valence-electron chi connectivity index (χ0n) is 22.9. The van der Waals surface area contributed by atoms with Crippen LogP contribution < -0.4 is 14.2 Å². The zero-order valence-corrected chi connectivity index (χ0v) is 24.4. The summed E-state index contributed by atoms with van der Waals surface area (Å²) in [5.41, 5.74) is 5.92. The van der Waals surface area contributed by atoms with Crippen LogP contribution in [0, 0.1) is 20.8 Å². The molecule has 1 heterocycles. The minimum Gasteiger partial charge on any atom is -0.496 e. The number of nitrogens with one attached hydrogen (secondary N) is 1. The van der Waals surface area contributed by atoms with E-state index in [4.69, 9.17) is 25.8 Å². The molecule has 3 aromatic carbocycles. The Bertz CT molecular complexity index is 1540. The van der Waals surface area contributed by atoms with Gasteiger partial charge in [0.15, 0.2) is 17.3 Å². The predicted molar refractivity (Wildman–Crippen MR) is 157 cm³/mol. The lowest BCUT2D eigenvalue weighted by molar-refractivity contribution is -0.131. The summed E-state index contributed by atoms with van der Waals surface area (Å²) < 4.78 is 17.4. The monoisotopic (exact) mass is 579 g/mol. The average Bonchev–Trinajstić information content (AvgIpc) is 3.37. The molecule has 0 radical (unpaired) electrons. The molecule has 0 aliphatic carbocycles. The van der Waals surface area contributed by atoms with E-state index in [1.165, 1.54) is 16.7 Å². The highest BCUT2D eigenvalue weighted by atomic mass is 35.5. The minimum absolute atomic E-state index is 0.0330. The number of aromatic nitrogens is 3. The van der Waals surface area contributed by atoms with E-state index in [2.05, 4.69) is 48.1 Å². The van der Waals surface area contributed by atoms with Crippen LogP contribution in [0.15, 0.2) is 58.6 Å². The molecule has 0 unspecified atom stereocenters. The molecule has 0 bridgehead atoms. The molecule has 208 valence electrons. The number of thioether (sulfide) groups is 1. The van der Waals surface area contributed by atoms with Gasteiger partial charge in [0.2, 0.25) is 5.16 Å². The number of halogens is 1. The van der Waals surface area contributed by atoms with Gasteiger partial charge in [0, 0.05) is 5.02 Å². The molecule has 4 rings (SSSR count). The summed E-state index contributed by atoms with van der Waals surface area (Å²) in [6.07, 6.45) is 1.55. The number of hydrogen-bond donors (Lipinski definition) is 2. The molecule has 0 fully saturated rings. The Kier molecular flexibility index (Phi) is 9.39. The highest BCUT2D eigenvalue weighted by Crippen LogP contribution is 2.35. The van der Waals surface area contributed by atoms with Crippen LogP contribution in [0.25, 0.3) is 17.5 Å². The van der Waals surface area contributed by atoms with Crippen molar-refractivity contribution in [2.45, 2.75) is 39.5 Å². The molecule has 40 heavy (non-hydrogen) atoms. The van der Waals surface area contributed by atoms with E-state index in [0.717, 1.165) is 17.3 Å². The third kappa shape index (κ3) is 6.97. The maximum absolute atomic E-state index is 12.1. The average molecular weight is 580 g/mol. The zero-order chi connectivity index (χ0) is 28.8. The van der Waals surface area contributed by atoms with Crippen molar-refractivity contribution in [2.24, 2.45) is 0 Å². The lowest BCUT2D eigenvalue weighted by atomic mass is 10.0. The van der Waals surface area contributed by atoms with E-state index in [-0.39, 0.29) is 10.1 Å². The Morgan fingerprint density at radius 2 is 1.75 bits per heavy atom. The van der Waals surface area contributed by atoms with Crippen LogP contribution in [0.3, 0.4) is 0 Å². The van der Waals surface area contributed by atoms with Gasteiger partial charge in [-0.3, -0.25) is 5.10 Å². The number of aryl methyl sites for hydroxylation is 3. The number of rotatable bonds is 11. The Labute approximate surface area is 242 Å². The molecule has 2 N–H and O–H groups in total. The van der Waals surface area contributed by atoms with Gasteiger partial charge in [0.25, 0.3) is 0 Å². The number of H-pyrrole nitrogens is 1. The Morgan fingerprint density at radius 3 is 2.42 bits per heavy atom. The number of carboxylic acid groups (broad SMARTS) is 1. The molecule has 1 aromatic heterocycles. The standard InChI is InChI=1S/C30H30ClN3O5S/c1-6-38-26-13-20(7-9-25(26)39-16-23-18(3)11-17(2)12-19(23)4)14-27(29(35)36)40-30-32-28(33-34-30)22-15-21(31)8-10-24(22)37-5/h7-15H,6,16H2,1-5H3,(H,35,36)(H,32,33,34)/b27-14-. The van der Waals surface area contributed by atoms with Gasteiger partial charge >= 0.3 is 5.97 Å². The first-order valence-corrected chi connectivity index (χ1v) is 13.7. The SMILES string of the molecule is CCOc1cc(/C=C(\Sc2n[nH]c(-c3cc(Cl)ccc3OC)n2)C(=O)O)ccc1OCc1c(C)cc(C)cc1C. The van der Waals surface area contributed by atoms with Crippen molar-refractivity contribution in [3.63, 3.8) is 0 Å². The molecule has 0 spiro atoms. The second kappa shape index (κ2) is 12.9. The third-order valence-electron chi connectivity index (χ3n) is 6.07. The van der Waals surface area contributed by atoms with Gasteiger partial charge in [-0.25, -0.2) is 9.78 Å². The number of methoxy groups -OCH3 is 1. The largest absolute Gasteiger partial charge is 0.496 e. The van der Waals surface area contributed by atoms with Gasteiger partial charge in [-0.1, -0.05) is 35.4 Å². The molecule has 0 aliphatic heterocycles. The molecular formula is C30H30ClN3O5S. The maximum Gasteiger partial charge on any atom is 0.342 e. The molecule has 0 saturated heterocycles. The second-order valence-corrected chi connectivity index (χ2v) is 10.5. The van der Waals surface area contributed by atoms with Crippen LogP contribution in [0.5, 0.6) is 17.2 Å². The van der Waals surface area contributed by atoms with Gasteiger partial charge in [-0.05, 0) is 98.1 Å². The van der Waals surface area contributed by atoms with E-state index in [0.29, 0.717) is 52.4 Å². The fourth-order valence-electron chi connectivity index (χ4n) is 4.25. The van der Waals surface area contributed by atoms with Crippen LogP contribution in [0.4, 0.5) is 0 Å². The maximum atomic E-state index is 12.1. The van der Waals surface area contributed by atoms with Crippen LogP contribution >= 0.6 is 23.4 Å². The second-order valence-electron chi connectivity index (χ2n) is 9.03. The number of carboxylic acids is 1. The fraction of sp³-hybridized carbons (Fsp3) is 0.233. The van der Waals surface area contributed by atoms with Crippen LogP contribution in [0.1, 0.15) is 34.7 Å². The summed E-state index contributed by atoms with van der Waals surface area (Å²) in [6.45, 7) is 8.93. The number of nitrogens with zero attached hydrogens (tertiary/aromatic N) is 2. The van der Waals surface area contributed by atoms with Crippen molar-refractivity contribution in [1.82, 2.24) is 15.2 Å². The molecule has 10 heteroatoms. The van der Waals surface area contributed by atoms with Crippen molar-refractivity contribution in [3.05, 3.63) is 86.3 Å². The van der Waals surface area contributed by atoms with E-state index < -0.39 is 5.97 Å². The van der Waals surface area contributed by atoms with Crippen LogP contribution in [0.2, 0.25) is 5.02 Å². The molecule has 0 atom stereocenters. The Hall–Kier alpha value is -3.95. The van der Waals surface area contributed by atoms with Gasteiger partial charge < -0.3 is 19.3 Å². The number of aliphatic carboxylic acids is 1. The van der Waals surface area contributed by atoms with E-state index >= 15 is 0 Å². The highest BCUT2D eigenvalue weighted by Gasteiger charge is 2.17. The van der Waals surface area contributed by atoms with Crippen molar-refractivity contribution in [3.8, 4) is 28.6 Å². The Morgan fingerprint density at radius 1 is 1.02 bits per heavy atom. The summed E-state index contributed by atoms with van der Waals surface area (Å²) in [5, 5.41) is 17.6. The lowest BCUT2D eigenvalue weighted by Gasteiger charge is -2.16. The van der Waals surface area contributed by atoms with E-state index in [9.17, 15) is 9.90 Å². The quantitative estimate of drug-likeness (QED) is 0.141. The molecule has 4 aromatic rings. The van der Waals surface area contributed by atoms with Crippen LogP contribution in [-0.2, 0) is 11.4 Å². The summed E-state index contributed by atoms with van der Waals surface area (Å²) in [6, 6.07) is 14.7. The fourth-order valence-corrected chi connectivity index (χ4v) is 5.13. The van der Waals surface area contributed by atoms with Crippen molar-refractivity contribution in [1.29, 1.82) is 0 Å². The number of carbonyl (C=O) groups is 1. The van der Waals surface area contributed by atoms with E-state index in [1.54, 1.807) is 49.6 Å². The first-order valence-electron chi connectivity index (χ1n) is 12.5. The molecule has 8 nitrogen and oxygen atoms in total. The first-order chi connectivity index (χ1) is 19.2. The number of benzene rings is 3. The summed E-state index contributed by atoms with van der Waals surface area (Å²) >= 11 is 7.06. The molecule has 0 amide bonds. The summed E-state index contributed by atoms with van der Waals surface area (Å²) in [5.74, 6) is 0.967. The minimum atomic E-state index is -1.11. The molecule has 0 aliphatic rings. The molecular weight excluding hydrogens is 550 g/mol. The van der Waals surface area contributed by atoms with Gasteiger partial charge in [0.1, 0.15) is 17.3 Å². The van der Waals surface area contributed by atoms with E-state index in [1.807, 2.05) is 6.92 Å². The van der Waals surface area contributed by atoms with Crippen molar-refractivity contribution in [2.75, 3.05) is 13.7 Å². The predicted octanol–water partition coefficient (Wildman–Crippen LogP) is 7.25. The Balaban J connectivity index is 1.56. The van der Waals surface area contributed by atoms with Gasteiger partial charge in [-0.2, -0.15) is 0 Å². The molecule has 0 saturated carbocycles. The topological polar surface area (TPSA) is 107 Å². The normalized spacial score (nSPS) is 11.4.